The Balaban J connectivity index is 1.56. The first kappa shape index (κ1) is 16.2. The van der Waals surface area contributed by atoms with E-state index in [1.165, 1.54) is 5.01 Å². The molecular weight excluding hydrogens is 332 g/mol. The highest BCUT2D eigenvalue weighted by molar-refractivity contribution is 6.26. The van der Waals surface area contributed by atoms with Crippen LogP contribution in [0.1, 0.15) is 18.1 Å². The van der Waals surface area contributed by atoms with Crippen molar-refractivity contribution in [2.75, 3.05) is 13.9 Å². The highest BCUT2D eigenvalue weighted by Crippen LogP contribution is 2.33. The summed E-state index contributed by atoms with van der Waals surface area (Å²) in [5, 5.41) is 5.88. The Morgan fingerprint density at radius 3 is 2.88 bits per heavy atom. The number of hydrazone groups is 1. The fourth-order valence-electron chi connectivity index (χ4n) is 2.96. The van der Waals surface area contributed by atoms with Crippen molar-refractivity contribution in [3.63, 3.8) is 0 Å². The van der Waals surface area contributed by atoms with Crippen LogP contribution in [0.25, 0.3) is 6.08 Å². The number of fused-ring (bicyclic) bond motifs is 1. The van der Waals surface area contributed by atoms with Crippen LogP contribution in [-0.2, 0) is 11.3 Å². The highest BCUT2D eigenvalue weighted by Gasteiger charge is 2.27. The molecule has 2 heterocycles. The van der Waals surface area contributed by atoms with Gasteiger partial charge in [0, 0.05) is 0 Å². The van der Waals surface area contributed by atoms with Gasteiger partial charge in [0.05, 0.1) is 24.9 Å². The van der Waals surface area contributed by atoms with Gasteiger partial charge in [0.1, 0.15) is 5.75 Å². The summed E-state index contributed by atoms with van der Waals surface area (Å²) < 4.78 is 15.9. The summed E-state index contributed by atoms with van der Waals surface area (Å²) in [4.78, 5) is 12.8. The number of hydrogen-bond donors (Lipinski definition) is 0. The standard InChI is InChI=1S/C20H18N2O4/c1-13-17(9-14-6-7-18-19(10-14)26-12-25-18)20(23)22(21-13)11-15-4-3-5-16(8-15)24-2/h3-10H,11-12H2,1-2H3. The monoisotopic (exact) mass is 350 g/mol. The van der Waals surface area contributed by atoms with Gasteiger partial charge in [-0.3, -0.25) is 4.79 Å². The number of amides is 1. The first-order chi connectivity index (χ1) is 12.6. The van der Waals surface area contributed by atoms with Crippen LogP contribution in [0, 0.1) is 0 Å². The molecule has 26 heavy (non-hydrogen) atoms. The molecular formula is C20H18N2O4. The number of nitrogens with zero attached hydrogens (tertiary/aromatic N) is 2. The molecule has 0 unspecified atom stereocenters. The van der Waals surface area contributed by atoms with Crippen LogP contribution in [-0.4, -0.2) is 30.5 Å². The number of benzene rings is 2. The van der Waals surface area contributed by atoms with E-state index >= 15 is 0 Å². The summed E-state index contributed by atoms with van der Waals surface area (Å²) in [7, 11) is 1.62. The third-order valence-corrected chi connectivity index (χ3v) is 4.30. The van der Waals surface area contributed by atoms with Gasteiger partial charge in [0.15, 0.2) is 11.5 Å². The quantitative estimate of drug-likeness (QED) is 0.795. The van der Waals surface area contributed by atoms with Crippen LogP contribution >= 0.6 is 0 Å². The Labute approximate surface area is 151 Å². The number of rotatable bonds is 4. The van der Waals surface area contributed by atoms with Crippen LogP contribution in [0.4, 0.5) is 0 Å². The lowest BCUT2D eigenvalue weighted by Gasteiger charge is -2.12. The van der Waals surface area contributed by atoms with E-state index in [4.69, 9.17) is 14.2 Å². The second kappa shape index (κ2) is 6.55. The minimum Gasteiger partial charge on any atom is -0.497 e. The maximum atomic E-state index is 12.8. The molecule has 0 aliphatic carbocycles. The molecule has 2 aromatic carbocycles. The van der Waals surface area contributed by atoms with Crippen molar-refractivity contribution < 1.29 is 19.0 Å². The fraction of sp³-hybridized carbons (Fsp3) is 0.200. The van der Waals surface area contributed by atoms with Crippen LogP contribution < -0.4 is 14.2 Å². The maximum absolute atomic E-state index is 12.8. The molecule has 0 fully saturated rings. The molecule has 0 spiro atoms. The Morgan fingerprint density at radius 2 is 2.04 bits per heavy atom. The van der Waals surface area contributed by atoms with E-state index < -0.39 is 0 Å². The Morgan fingerprint density at radius 1 is 1.19 bits per heavy atom. The SMILES string of the molecule is COc1cccc(CN2N=C(C)C(=Cc3ccc4c(c3)OCO4)C2=O)c1. The van der Waals surface area contributed by atoms with E-state index in [0.29, 0.717) is 23.6 Å². The second-order valence-electron chi connectivity index (χ2n) is 6.07. The van der Waals surface area contributed by atoms with Gasteiger partial charge in [0.2, 0.25) is 6.79 Å². The Bertz CT molecular complexity index is 933. The normalized spacial score (nSPS) is 17.0. The molecule has 1 amide bonds. The van der Waals surface area contributed by atoms with Gasteiger partial charge < -0.3 is 14.2 Å². The van der Waals surface area contributed by atoms with Crippen molar-refractivity contribution in [2.24, 2.45) is 5.10 Å². The molecule has 0 radical (unpaired) electrons. The van der Waals surface area contributed by atoms with Crippen molar-refractivity contribution in [1.29, 1.82) is 0 Å². The van der Waals surface area contributed by atoms with E-state index in [1.807, 2.05) is 55.5 Å². The zero-order chi connectivity index (χ0) is 18.1. The number of methoxy groups -OCH3 is 1. The topological polar surface area (TPSA) is 60.4 Å². The third-order valence-electron chi connectivity index (χ3n) is 4.30. The summed E-state index contributed by atoms with van der Waals surface area (Å²) in [6, 6.07) is 13.2. The van der Waals surface area contributed by atoms with Crippen molar-refractivity contribution >= 4 is 17.7 Å². The van der Waals surface area contributed by atoms with E-state index in [9.17, 15) is 4.79 Å². The predicted octanol–water partition coefficient (Wildman–Crippen LogP) is 3.23. The summed E-state index contributed by atoms with van der Waals surface area (Å²) >= 11 is 0. The molecule has 0 saturated carbocycles. The summed E-state index contributed by atoms with van der Waals surface area (Å²) in [5.74, 6) is 2.04. The highest BCUT2D eigenvalue weighted by atomic mass is 16.7. The van der Waals surface area contributed by atoms with Gasteiger partial charge in [-0.2, -0.15) is 5.10 Å². The zero-order valence-electron chi connectivity index (χ0n) is 14.6. The van der Waals surface area contributed by atoms with Crippen LogP contribution in [0.3, 0.4) is 0 Å². The van der Waals surface area contributed by atoms with Gasteiger partial charge in [-0.05, 0) is 48.4 Å². The first-order valence-corrected chi connectivity index (χ1v) is 8.26. The average Bonchev–Trinajstić information content (AvgIpc) is 3.22. The molecule has 2 aliphatic rings. The molecule has 0 N–H and O–H groups in total. The predicted molar refractivity (Wildman–Crippen MR) is 97.2 cm³/mol. The van der Waals surface area contributed by atoms with Gasteiger partial charge in [-0.1, -0.05) is 18.2 Å². The van der Waals surface area contributed by atoms with E-state index in [2.05, 4.69) is 5.10 Å². The molecule has 0 aromatic heterocycles. The molecule has 6 heteroatoms. The lowest BCUT2D eigenvalue weighted by atomic mass is 10.1. The number of ether oxygens (including phenoxy) is 3. The number of carbonyl (C=O) groups excluding carboxylic acids is 1. The van der Waals surface area contributed by atoms with Crippen LogP contribution in [0.5, 0.6) is 17.2 Å². The molecule has 4 rings (SSSR count). The molecule has 2 aromatic rings. The van der Waals surface area contributed by atoms with Crippen molar-refractivity contribution in [1.82, 2.24) is 5.01 Å². The minimum absolute atomic E-state index is 0.122. The van der Waals surface area contributed by atoms with Gasteiger partial charge in [-0.15, -0.1) is 0 Å². The van der Waals surface area contributed by atoms with Gasteiger partial charge in [-0.25, -0.2) is 5.01 Å². The second-order valence-corrected chi connectivity index (χ2v) is 6.07. The molecule has 0 atom stereocenters. The summed E-state index contributed by atoms with van der Waals surface area (Å²) in [6.45, 7) is 2.46. The van der Waals surface area contributed by atoms with Crippen molar-refractivity contribution in [3.05, 3.63) is 59.2 Å². The summed E-state index contributed by atoms with van der Waals surface area (Å²) in [5.41, 5.74) is 3.09. The van der Waals surface area contributed by atoms with E-state index in [0.717, 1.165) is 22.6 Å². The molecule has 0 saturated heterocycles. The van der Waals surface area contributed by atoms with Crippen LogP contribution in [0.15, 0.2) is 53.1 Å². The Kier molecular flexibility index (Phi) is 4.08. The van der Waals surface area contributed by atoms with Crippen molar-refractivity contribution in [2.45, 2.75) is 13.5 Å². The third kappa shape index (κ3) is 3.01. The van der Waals surface area contributed by atoms with E-state index in [1.54, 1.807) is 7.11 Å². The van der Waals surface area contributed by atoms with E-state index in [-0.39, 0.29) is 12.7 Å². The molecule has 6 nitrogen and oxygen atoms in total. The fourth-order valence-corrected chi connectivity index (χ4v) is 2.96. The largest absolute Gasteiger partial charge is 0.497 e. The lowest BCUT2D eigenvalue weighted by Crippen LogP contribution is -2.21. The van der Waals surface area contributed by atoms with Gasteiger partial charge in [0.25, 0.3) is 5.91 Å². The average molecular weight is 350 g/mol. The maximum Gasteiger partial charge on any atom is 0.276 e. The minimum atomic E-state index is -0.122. The molecule has 2 aliphatic heterocycles. The van der Waals surface area contributed by atoms with Crippen molar-refractivity contribution in [3.8, 4) is 17.2 Å². The molecule has 0 bridgehead atoms. The lowest BCUT2D eigenvalue weighted by molar-refractivity contribution is -0.126. The Hall–Kier alpha value is -3.28. The summed E-state index contributed by atoms with van der Waals surface area (Å²) in [6.07, 6.45) is 1.83. The molecule has 132 valence electrons. The number of carbonyl (C=O) groups is 1. The van der Waals surface area contributed by atoms with Gasteiger partial charge >= 0.3 is 0 Å². The van der Waals surface area contributed by atoms with Crippen LogP contribution in [0.2, 0.25) is 0 Å². The smallest absolute Gasteiger partial charge is 0.276 e. The number of hydrogen-bond acceptors (Lipinski definition) is 5. The first-order valence-electron chi connectivity index (χ1n) is 8.26. The zero-order valence-corrected chi connectivity index (χ0v) is 14.6.